The Balaban J connectivity index is 1.66. The third-order valence-corrected chi connectivity index (χ3v) is 3.21. The number of benzene rings is 1. The number of hydrogen-bond donors (Lipinski definition) is 2. The average Bonchev–Trinajstić information content (AvgIpc) is 2.77. The van der Waals surface area contributed by atoms with E-state index >= 15 is 0 Å². The Bertz CT molecular complexity index is 500. The molecule has 1 aromatic carbocycles. The molecule has 0 saturated carbocycles. The highest BCUT2D eigenvalue weighted by Crippen LogP contribution is 2.20. The minimum Gasteiger partial charge on any atom is -0.491 e. The van der Waals surface area contributed by atoms with Crippen molar-refractivity contribution in [2.75, 3.05) is 18.1 Å². The molecule has 0 atom stereocenters. The molecule has 6 heteroatoms. The molecule has 0 aliphatic rings. The molecule has 0 saturated heterocycles. The number of nitrogens with two attached hydrogens (primary N) is 1. The van der Waals surface area contributed by atoms with Gasteiger partial charge in [-0.2, -0.15) is 0 Å². The SMILES string of the molecule is Cc1nc(SCCCOc2ccccc2N)n[nH]1. The summed E-state index contributed by atoms with van der Waals surface area (Å²) in [7, 11) is 0. The van der Waals surface area contributed by atoms with Crippen LogP contribution in [0.2, 0.25) is 0 Å². The molecule has 0 radical (unpaired) electrons. The molecular formula is C12H16N4OS. The maximum absolute atomic E-state index is 5.77. The van der Waals surface area contributed by atoms with Crippen LogP contribution in [0.25, 0.3) is 0 Å². The summed E-state index contributed by atoms with van der Waals surface area (Å²) < 4.78 is 5.59. The quantitative estimate of drug-likeness (QED) is 0.475. The van der Waals surface area contributed by atoms with E-state index in [-0.39, 0.29) is 0 Å². The number of thioether (sulfide) groups is 1. The zero-order valence-electron chi connectivity index (χ0n) is 10.2. The summed E-state index contributed by atoms with van der Waals surface area (Å²) in [5, 5.41) is 7.65. The monoisotopic (exact) mass is 264 g/mol. The van der Waals surface area contributed by atoms with Gasteiger partial charge in [0.2, 0.25) is 5.16 Å². The zero-order valence-corrected chi connectivity index (χ0v) is 11.0. The number of nitrogen functional groups attached to an aromatic ring is 1. The van der Waals surface area contributed by atoms with Crippen molar-refractivity contribution >= 4 is 17.4 Å². The fourth-order valence-electron chi connectivity index (χ4n) is 1.40. The molecule has 0 unspecified atom stereocenters. The average molecular weight is 264 g/mol. The van der Waals surface area contributed by atoms with Crippen LogP contribution in [0.4, 0.5) is 5.69 Å². The molecule has 1 heterocycles. The van der Waals surface area contributed by atoms with Crippen molar-refractivity contribution in [3.63, 3.8) is 0 Å². The maximum Gasteiger partial charge on any atom is 0.208 e. The van der Waals surface area contributed by atoms with Gasteiger partial charge in [-0.15, -0.1) is 5.10 Å². The molecule has 0 spiro atoms. The normalized spacial score (nSPS) is 10.5. The molecule has 0 aliphatic carbocycles. The van der Waals surface area contributed by atoms with Crippen LogP contribution in [0.3, 0.4) is 0 Å². The summed E-state index contributed by atoms with van der Waals surface area (Å²) in [6.07, 6.45) is 0.923. The summed E-state index contributed by atoms with van der Waals surface area (Å²) in [4.78, 5) is 4.22. The van der Waals surface area contributed by atoms with Crippen LogP contribution in [0.1, 0.15) is 12.2 Å². The van der Waals surface area contributed by atoms with E-state index in [0.29, 0.717) is 12.3 Å². The number of para-hydroxylation sites is 2. The Kier molecular flexibility index (Phi) is 4.46. The summed E-state index contributed by atoms with van der Waals surface area (Å²) in [6, 6.07) is 7.52. The lowest BCUT2D eigenvalue weighted by atomic mass is 10.3. The highest BCUT2D eigenvalue weighted by molar-refractivity contribution is 7.99. The Labute approximate surface area is 110 Å². The highest BCUT2D eigenvalue weighted by atomic mass is 32.2. The first-order valence-corrected chi connectivity index (χ1v) is 6.73. The van der Waals surface area contributed by atoms with Crippen molar-refractivity contribution in [2.45, 2.75) is 18.5 Å². The second-order valence-electron chi connectivity index (χ2n) is 3.79. The number of aryl methyl sites for hydroxylation is 1. The smallest absolute Gasteiger partial charge is 0.208 e. The van der Waals surface area contributed by atoms with Crippen molar-refractivity contribution in [1.82, 2.24) is 15.2 Å². The number of aromatic amines is 1. The van der Waals surface area contributed by atoms with Crippen molar-refractivity contribution in [2.24, 2.45) is 0 Å². The minimum atomic E-state index is 0.643. The first-order valence-electron chi connectivity index (χ1n) is 5.75. The number of nitrogens with one attached hydrogen (secondary N) is 1. The van der Waals surface area contributed by atoms with Gasteiger partial charge in [0.1, 0.15) is 11.6 Å². The molecule has 96 valence electrons. The van der Waals surface area contributed by atoms with Crippen LogP contribution in [0.5, 0.6) is 5.75 Å². The van der Waals surface area contributed by atoms with Crippen LogP contribution < -0.4 is 10.5 Å². The summed E-state index contributed by atoms with van der Waals surface area (Å²) in [5.74, 6) is 2.51. The number of ether oxygens (including phenoxy) is 1. The molecule has 2 aromatic rings. The number of rotatable bonds is 6. The standard InChI is InChI=1S/C12H16N4OS/c1-9-14-12(16-15-9)18-8-4-7-17-11-6-3-2-5-10(11)13/h2-3,5-6H,4,7-8,13H2,1H3,(H,14,15,16). The Morgan fingerprint density at radius 3 is 2.94 bits per heavy atom. The van der Waals surface area contributed by atoms with E-state index in [0.717, 1.165) is 28.9 Å². The number of aromatic nitrogens is 3. The molecule has 0 bridgehead atoms. The number of hydrogen-bond acceptors (Lipinski definition) is 5. The van der Waals surface area contributed by atoms with Gasteiger partial charge < -0.3 is 10.5 Å². The van der Waals surface area contributed by atoms with Gasteiger partial charge in [-0.05, 0) is 25.5 Å². The number of nitrogens with zero attached hydrogens (tertiary/aromatic N) is 2. The van der Waals surface area contributed by atoms with E-state index in [1.807, 2.05) is 31.2 Å². The lowest BCUT2D eigenvalue weighted by Gasteiger charge is -2.07. The topological polar surface area (TPSA) is 76.8 Å². The van der Waals surface area contributed by atoms with Crippen LogP contribution in [0, 0.1) is 6.92 Å². The molecule has 2 rings (SSSR count). The van der Waals surface area contributed by atoms with Gasteiger partial charge >= 0.3 is 0 Å². The Hall–Kier alpha value is -1.69. The van der Waals surface area contributed by atoms with E-state index in [2.05, 4.69) is 15.2 Å². The molecule has 1 aromatic heterocycles. The van der Waals surface area contributed by atoms with Gasteiger partial charge in [-0.25, -0.2) is 4.98 Å². The maximum atomic E-state index is 5.77. The van der Waals surface area contributed by atoms with Gasteiger partial charge in [-0.3, -0.25) is 5.10 Å². The molecular weight excluding hydrogens is 248 g/mol. The van der Waals surface area contributed by atoms with Crippen LogP contribution in [-0.2, 0) is 0 Å². The van der Waals surface area contributed by atoms with Crippen LogP contribution >= 0.6 is 11.8 Å². The van der Waals surface area contributed by atoms with E-state index in [1.165, 1.54) is 0 Å². The molecule has 18 heavy (non-hydrogen) atoms. The van der Waals surface area contributed by atoms with Crippen molar-refractivity contribution in [1.29, 1.82) is 0 Å². The molecule has 5 nitrogen and oxygen atoms in total. The fourth-order valence-corrected chi connectivity index (χ4v) is 2.16. The van der Waals surface area contributed by atoms with E-state index in [9.17, 15) is 0 Å². The van der Waals surface area contributed by atoms with Gasteiger partial charge in [0.05, 0.1) is 12.3 Å². The van der Waals surface area contributed by atoms with Crippen LogP contribution in [0.15, 0.2) is 29.4 Å². The summed E-state index contributed by atoms with van der Waals surface area (Å²) >= 11 is 1.62. The molecule has 0 amide bonds. The lowest BCUT2D eigenvalue weighted by Crippen LogP contribution is -2.01. The van der Waals surface area contributed by atoms with E-state index < -0.39 is 0 Å². The van der Waals surface area contributed by atoms with Gasteiger partial charge in [0.25, 0.3) is 0 Å². The number of H-pyrrole nitrogens is 1. The fraction of sp³-hybridized carbons (Fsp3) is 0.333. The highest BCUT2D eigenvalue weighted by Gasteiger charge is 2.01. The van der Waals surface area contributed by atoms with E-state index in [1.54, 1.807) is 11.8 Å². The molecule has 0 fully saturated rings. The van der Waals surface area contributed by atoms with Crippen LogP contribution in [-0.4, -0.2) is 27.5 Å². The predicted molar refractivity (Wildman–Crippen MR) is 72.8 cm³/mol. The Morgan fingerprint density at radius 1 is 1.39 bits per heavy atom. The first-order chi connectivity index (χ1) is 8.75. The summed E-state index contributed by atoms with van der Waals surface area (Å²) in [6.45, 7) is 2.53. The van der Waals surface area contributed by atoms with Gasteiger partial charge in [0.15, 0.2) is 0 Å². The third-order valence-electron chi connectivity index (χ3n) is 2.27. The first kappa shape index (κ1) is 12.8. The van der Waals surface area contributed by atoms with Gasteiger partial charge in [0, 0.05) is 5.75 Å². The lowest BCUT2D eigenvalue weighted by molar-refractivity contribution is 0.320. The third kappa shape index (κ3) is 3.66. The largest absolute Gasteiger partial charge is 0.491 e. The van der Waals surface area contributed by atoms with Crippen molar-refractivity contribution in [3.05, 3.63) is 30.1 Å². The van der Waals surface area contributed by atoms with E-state index in [4.69, 9.17) is 10.5 Å². The molecule has 3 N–H and O–H groups in total. The second kappa shape index (κ2) is 6.30. The summed E-state index contributed by atoms with van der Waals surface area (Å²) in [5.41, 5.74) is 6.45. The minimum absolute atomic E-state index is 0.643. The Morgan fingerprint density at radius 2 is 2.22 bits per heavy atom. The number of anilines is 1. The zero-order chi connectivity index (χ0) is 12.8. The second-order valence-corrected chi connectivity index (χ2v) is 4.85. The molecule has 0 aliphatic heterocycles. The van der Waals surface area contributed by atoms with Crippen molar-refractivity contribution in [3.8, 4) is 5.75 Å². The van der Waals surface area contributed by atoms with Gasteiger partial charge in [-0.1, -0.05) is 23.9 Å². The van der Waals surface area contributed by atoms with Crippen molar-refractivity contribution < 1.29 is 4.74 Å². The predicted octanol–water partition coefficient (Wildman–Crippen LogP) is 2.26.